The number of anilines is 2. The fourth-order valence-corrected chi connectivity index (χ4v) is 14.6. The summed E-state index contributed by atoms with van der Waals surface area (Å²) in [5, 5.41) is 7.56. The topological polar surface area (TPSA) is 21.3 Å². The molecule has 5 heterocycles. The molecule has 5 heteroatoms. The maximum atomic E-state index is 6.82. The van der Waals surface area contributed by atoms with E-state index in [1.807, 2.05) is 11.3 Å². The molecule has 0 radical (unpaired) electrons. The van der Waals surface area contributed by atoms with Gasteiger partial charge in [-0.3, -0.25) is 0 Å². The smallest absolute Gasteiger partial charge is 0.333 e. The van der Waals surface area contributed by atoms with E-state index in [0.717, 1.165) is 21.9 Å². The van der Waals surface area contributed by atoms with Gasteiger partial charge in [-0.25, -0.2) is 0 Å². The first-order valence-electron chi connectivity index (χ1n) is 24.7. The fraction of sp³-hybridized carbons (Fsp3) is 0.238. The molecule has 4 aliphatic rings. The predicted octanol–water partition coefficient (Wildman–Crippen LogP) is 16.2. The Morgan fingerprint density at radius 1 is 0.529 bits per heavy atom. The van der Waals surface area contributed by atoms with E-state index in [1.165, 1.54) is 133 Å². The zero-order valence-electron chi connectivity index (χ0n) is 40.4. The highest BCUT2D eigenvalue weighted by Crippen LogP contribution is 2.58. The zero-order chi connectivity index (χ0) is 46.1. The Labute approximate surface area is 402 Å². The summed E-state index contributed by atoms with van der Waals surface area (Å²) in [5.41, 5.74) is 23.5. The van der Waals surface area contributed by atoms with E-state index in [9.17, 15) is 0 Å². The summed E-state index contributed by atoms with van der Waals surface area (Å²) in [4.78, 5) is 2.71. The van der Waals surface area contributed by atoms with Crippen LogP contribution < -0.4 is 15.7 Å². The average Bonchev–Trinajstić information content (AvgIpc) is 4.03. The fourth-order valence-electron chi connectivity index (χ4n) is 13.5. The molecule has 0 saturated carbocycles. The second-order valence-corrected chi connectivity index (χ2v) is 24.6. The third-order valence-electron chi connectivity index (χ3n) is 17.4. The zero-order valence-corrected chi connectivity index (χ0v) is 41.2. The van der Waals surface area contributed by atoms with Crippen molar-refractivity contribution >= 4 is 104 Å². The molecule has 15 rings (SSSR count). The van der Waals surface area contributed by atoms with Crippen molar-refractivity contribution in [3.05, 3.63) is 161 Å². The SMILES string of the molecule is CC(C)(C)c1ccc(N2B3c4cc5oc6ccccc6c5cc4-n4c5cc6c(cc5c5ccc(c3c54)-c3cc4c(cc32)-c2cc3c(cc2C4(C)C)C(C)(C)CCC3(C)C)sc2ccccc26)cc1. The molecule has 3 nitrogen and oxygen atoms in total. The first-order chi connectivity index (χ1) is 32.6. The normalized spacial score (nSPS) is 17.1. The van der Waals surface area contributed by atoms with Crippen LogP contribution in [0.5, 0.6) is 0 Å². The molecule has 2 aliphatic carbocycles. The van der Waals surface area contributed by atoms with Gasteiger partial charge in [0.25, 0.3) is 0 Å². The minimum Gasteiger partial charge on any atom is -0.456 e. The molecular formula is C63H53BN2OS. The van der Waals surface area contributed by atoms with Gasteiger partial charge < -0.3 is 13.8 Å². The molecule has 2 aliphatic heterocycles. The van der Waals surface area contributed by atoms with Gasteiger partial charge >= 0.3 is 6.85 Å². The van der Waals surface area contributed by atoms with E-state index in [2.05, 4.69) is 205 Å². The van der Waals surface area contributed by atoms with Gasteiger partial charge in [0.1, 0.15) is 11.2 Å². The van der Waals surface area contributed by atoms with Gasteiger partial charge in [0.2, 0.25) is 0 Å². The summed E-state index contributed by atoms with van der Waals surface area (Å²) >= 11 is 1.91. The van der Waals surface area contributed by atoms with E-state index < -0.39 is 0 Å². The van der Waals surface area contributed by atoms with Gasteiger partial charge in [-0.2, -0.15) is 0 Å². The summed E-state index contributed by atoms with van der Waals surface area (Å²) < 4.78 is 12.1. The Hall–Kier alpha value is -6.56. The highest BCUT2D eigenvalue weighted by atomic mass is 32.1. The Morgan fingerprint density at radius 3 is 2.00 bits per heavy atom. The lowest BCUT2D eigenvalue weighted by molar-refractivity contribution is 0.331. The van der Waals surface area contributed by atoms with Gasteiger partial charge in [0.15, 0.2) is 0 Å². The third-order valence-corrected chi connectivity index (χ3v) is 18.5. The van der Waals surface area contributed by atoms with Crippen molar-refractivity contribution < 1.29 is 4.42 Å². The second kappa shape index (κ2) is 12.6. The molecule has 0 spiro atoms. The van der Waals surface area contributed by atoms with Crippen LogP contribution >= 0.6 is 11.3 Å². The minimum atomic E-state index is -0.174. The maximum absolute atomic E-state index is 6.82. The Balaban J connectivity index is 1.09. The third kappa shape index (κ3) is 4.91. The average molecular weight is 897 g/mol. The van der Waals surface area contributed by atoms with Crippen LogP contribution in [0.4, 0.5) is 11.4 Å². The first-order valence-corrected chi connectivity index (χ1v) is 25.5. The van der Waals surface area contributed by atoms with Crippen molar-refractivity contribution in [2.75, 3.05) is 4.81 Å². The summed E-state index contributed by atoms with van der Waals surface area (Å²) in [6, 6.07) is 52.2. The highest BCUT2D eigenvalue weighted by molar-refractivity contribution is 7.25. The minimum absolute atomic E-state index is 0.0268. The summed E-state index contributed by atoms with van der Waals surface area (Å²) in [5.74, 6) is 0. The number of hydrogen-bond acceptors (Lipinski definition) is 3. The van der Waals surface area contributed by atoms with E-state index in [1.54, 1.807) is 0 Å². The quantitative estimate of drug-likeness (QED) is 0.153. The van der Waals surface area contributed by atoms with Crippen molar-refractivity contribution in [3.8, 4) is 27.9 Å². The molecular weight excluding hydrogens is 844 g/mol. The van der Waals surface area contributed by atoms with Crippen molar-refractivity contribution in [1.29, 1.82) is 0 Å². The number of rotatable bonds is 1. The van der Waals surface area contributed by atoms with Crippen LogP contribution in [0.25, 0.3) is 91.9 Å². The Morgan fingerprint density at radius 2 is 1.22 bits per heavy atom. The van der Waals surface area contributed by atoms with Gasteiger partial charge in [0, 0.05) is 69.8 Å². The molecule has 0 unspecified atom stereocenters. The molecule has 3 aromatic heterocycles. The maximum Gasteiger partial charge on any atom is 0.333 e. The molecule has 0 fully saturated rings. The standard InChI is InChI=1S/C63H53BN2OS/c1-60(2,3)34-18-20-35(21-19-34)66-52-28-41-40-26-48-49(62(6,7)25-24-61(48,4)5)32-47(40)63(8,9)46(41)27-42(52)38-22-23-39-43-31-57-45(37-15-11-13-17-56(37)68-57)30-51(43)65-53-29-44-36-14-10-12-16-54(36)67-55(44)33-50(53)64(66)58(38)59(39)65/h10-23,26-33H,24-25H2,1-9H3. The number of aromatic nitrogens is 1. The molecule has 0 atom stereocenters. The number of nitrogens with zero attached hydrogens (tertiary/aromatic N) is 2. The Bertz CT molecular complexity index is 4110. The molecule has 68 heavy (non-hydrogen) atoms. The number of benzene rings is 8. The van der Waals surface area contributed by atoms with Crippen molar-refractivity contribution in [1.82, 2.24) is 4.57 Å². The van der Waals surface area contributed by atoms with Crippen LogP contribution in [0.15, 0.2) is 138 Å². The number of fused-ring (bicyclic) bond motifs is 18. The molecule has 330 valence electrons. The van der Waals surface area contributed by atoms with Crippen molar-refractivity contribution in [2.24, 2.45) is 0 Å². The number of furan rings is 1. The van der Waals surface area contributed by atoms with Crippen LogP contribution in [0.1, 0.15) is 103 Å². The van der Waals surface area contributed by atoms with Crippen LogP contribution in [0.3, 0.4) is 0 Å². The van der Waals surface area contributed by atoms with E-state index >= 15 is 0 Å². The van der Waals surface area contributed by atoms with Gasteiger partial charge in [-0.05, 0) is 151 Å². The summed E-state index contributed by atoms with van der Waals surface area (Å²) in [7, 11) is 0. The number of hydrogen-bond donors (Lipinski definition) is 0. The first kappa shape index (κ1) is 39.4. The largest absolute Gasteiger partial charge is 0.456 e. The van der Waals surface area contributed by atoms with Crippen LogP contribution in [-0.2, 0) is 21.7 Å². The molecule has 8 aromatic carbocycles. The lowest BCUT2D eigenvalue weighted by atomic mass is 9.44. The van der Waals surface area contributed by atoms with Gasteiger partial charge in [-0.15, -0.1) is 11.3 Å². The van der Waals surface area contributed by atoms with E-state index in [-0.39, 0.29) is 28.5 Å². The van der Waals surface area contributed by atoms with E-state index in [0.29, 0.717) is 0 Å². The lowest BCUT2D eigenvalue weighted by Gasteiger charge is -2.42. The molecule has 0 amide bonds. The summed E-state index contributed by atoms with van der Waals surface area (Å²) in [6.45, 7) is 21.6. The second-order valence-electron chi connectivity index (χ2n) is 23.5. The van der Waals surface area contributed by atoms with E-state index in [4.69, 9.17) is 4.42 Å². The number of para-hydroxylation sites is 1. The lowest BCUT2D eigenvalue weighted by Crippen LogP contribution is -2.60. The van der Waals surface area contributed by atoms with Crippen LogP contribution in [-0.4, -0.2) is 11.4 Å². The number of thiophene rings is 1. The van der Waals surface area contributed by atoms with Gasteiger partial charge in [0.05, 0.1) is 11.0 Å². The van der Waals surface area contributed by atoms with Gasteiger partial charge in [-0.1, -0.05) is 129 Å². The van der Waals surface area contributed by atoms with Crippen molar-refractivity contribution in [3.63, 3.8) is 0 Å². The molecule has 0 saturated heterocycles. The molecule has 0 bridgehead atoms. The summed E-state index contributed by atoms with van der Waals surface area (Å²) in [6.07, 6.45) is 2.40. The monoisotopic (exact) mass is 896 g/mol. The molecule has 0 N–H and O–H groups in total. The highest BCUT2D eigenvalue weighted by Gasteiger charge is 2.48. The van der Waals surface area contributed by atoms with Crippen LogP contribution in [0, 0.1) is 0 Å². The Kier molecular flexibility index (Phi) is 7.28. The molecule has 11 aromatic rings. The predicted molar refractivity (Wildman–Crippen MR) is 292 cm³/mol. The van der Waals surface area contributed by atoms with Crippen LogP contribution in [0.2, 0.25) is 0 Å². The van der Waals surface area contributed by atoms with Crippen molar-refractivity contribution in [2.45, 2.75) is 96.8 Å².